The minimum atomic E-state index is -3.04. The second-order valence-corrected chi connectivity index (χ2v) is 12.8. The minimum absolute atomic E-state index is 0.0145. The third-order valence-corrected chi connectivity index (χ3v) is 6.98. The summed E-state index contributed by atoms with van der Waals surface area (Å²) in [5.41, 5.74) is -0.0146. The van der Waals surface area contributed by atoms with Gasteiger partial charge in [0.25, 0.3) is 5.91 Å². The van der Waals surface area contributed by atoms with Gasteiger partial charge in [0.1, 0.15) is 5.75 Å². The second-order valence-electron chi connectivity index (χ2n) is 12.8. The predicted octanol–water partition coefficient (Wildman–Crippen LogP) is 5.49. The number of aliphatic hydroxyl groups is 2. The third kappa shape index (κ3) is 7.99. The summed E-state index contributed by atoms with van der Waals surface area (Å²) in [4.78, 5) is 13.2. The lowest BCUT2D eigenvalue weighted by Crippen LogP contribution is -2.45. The van der Waals surface area contributed by atoms with E-state index in [9.17, 15) is 23.8 Å². The number of amides is 1. The highest BCUT2D eigenvalue weighted by Gasteiger charge is 2.33. The summed E-state index contributed by atoms with van der Waals surface area (Å²) in [6.07, 6.45) is 3.67. The largest absolute Gasteiger partial charge is 0.434 e. The van der Waals surface area contributed by atoms with Crippen LogP contribution in [0.1, 0.15) is 88.8 Å². The van der Waals surface area contributed by atoms with Crippen LogP contribution < -0.4 is 10.1 Å². The summed E-state index contributed by atoms with van der Waals surface area (Å²) >= 11 is 0. The van der Waals surface area contributed by atoms with Gasteiger partial charge >= 0.3 is 6.61 Å². The van der Waals surface area contributed by atoms with E-state index in [-0.39, 0.29) is 29.9 Å². The molecule has 0 unspecified atom stereocenters. The molecule has 3 N–H and O–H groups in total. The first kappa shape index (κ1) is 30.0. The normalized spacial score (nSPS) is 20.6. The second kappa shape index (κ2) is 11.3. The molecule has 1 saturated carbocycles. The van der Waals surface area contributed by atoms with E-state index in [2.05, 4.69) is 38.1 Å². The molecule has 0 atom stereocenters. The number of carbonyl (C=O) groups is 1. The number of aromatic nitrogens is 2. The Morgan fingerprint density at radius 3 is 2.42 bits per heavy atom. The lowest BCUT2D eigenvalue weighted by atomic mass is 9.79. The predicted molar refractivity (Wildman–Crippen MR) is 143 cm³/mol. The molecular formula is C29H43F2N3O4. The molecule has 1 aromatic heterocycles. The van der Waals surface area contributed by atoms with Crippen LogP contribution >= 0.6 is 0 Å². The fourth-order valence-electron chi connectivity index (χ4n) is 5.07. The van der Waals surface area contributed by atoms with Gasteiger partial charge in [-0.25, -0.2) is 0 Å². The highest BCUT2D eigenvalue weighted by molar-refractivity contribution is 5.95. The Morgan fingerprint density at radius 2 is 1.87 bits per heavy atom. The Morgan fingerprint density at radius 1 is 1.24 bits per heavy atom. The van der Waals surface area contributed by atoms with Crippen molar-refractivity contribution >= 4 is 5.91 Å². The van der Waals surface area contributed by atoms with Crippen LogP contribution in [-0.2, 0) is 13.0 Å². The summed E-state index contributed by atoms with van der Waals surface area (Å²) in [5.74, 6) is 0.0677. The van der Waals surface area contributed by atoms with E-state index in [4.69, 9.17) is 4.74 Å². The number of nitrogens with one attached hydrogen (secondary N) is 1. The van der Waals surface area contributed by atoms with Gasteiger partial charge in [-0.3, -0.25) is 9.48 Å². The van der Waals surface area contributed by atoms with Gasteiger partial charge in [0.05, 0.1) is 23.4 Å². The van der Waals surface area contributed by atoms with Crippen LogP contribution in [-0.4, -0.2) is 50.3 Å². The molecular weight excluding hydrogens is 492 g/mol. The van der Waals surface area contributed by atoms with Gasteiger partial charge in [-0.15, -0.1) is 0 Å². The lowest BCUT2D eigenvalue weighted by Gasteiger charge is -2.34. The number of carbonyl (C=O) groups excluding carboxylic acids is 1. The summed E-state index contributed by atoms with van der Waals surface area (Å²) in [6, 6.07) is 5.17. The number of rotatable bonds is 9. The molecule has 1 aromatic carbocycles. The van der Waals surface area contributed by atoms with E-state index in [0.717, 1.165) is 18.4 Å². The highest BCUT2D eigenvalue weighted by atomic mass is 19.3. The first-order valence-electron chi connectivity index (χ1n) is 13.3. The molecule has 1 aliphatic carbocycles. The van der Waals surface area contributed by atoms with Crippen molar-refractivity contribution in [2.45, 2.75) is 105 Å². The monoisotopic (exact) mass is 535 g/mol. The van der Waals surface area contributed by atoms with Gasteiger partial charge in [-0.1, -0.05) is 33.8 Å². The standard InChI is InChI=1S/C29H43F2N3O4/c1-18-10-12-29(37,13-11-18)16-32-25(35)23-19(2)24(34(33-23)17-28(6,7)36)21-9-8-20(15-27(3,4)5)14-22(21)38-26(30)31/h8-9,14,18,26,36-37H,10-13,15-17H2,1-7H3,(H,32,35). The summed E-state index contributed by atoms with van der Waals surface area (Å²) in [6.45, 7) is 10.3. The van der Waals surface area contributed by atoms with Crippen LogP contribution in [0.2, 0.25) is 0 Å². The summed E-state index contributed by atoms with van der Waals surface area (Å²) in [5, 5.41) is 28.8. The van der Waals surface area contributed by atoms with E-state index in [1.807, 2.05) is 6.07 Å². The Hall–Kier alpha value is -2.52. The van der Waals surface area contributed by atoms with Crippen LogP contribution in [0.15, 0.2) is 18.2 Å². The van der Waals surface area contributed by atoms with Gasteiger partial charge in [-0.2, -0.15) is 13.9 Å². The molecule has 9 heteroatoms. The third-order valence-electron chi connectivity index (χ3n) is 6.98. The van der Waals surface area contributed by atoms with Crippen LogP contribution in [0.25, 0.3) is 11.3 Å². The van der Waals surface area contributed by atoms with Gasteiger partial charge in [0, 0.05) is 17.7 Å². The van der Waals surface area contributed by atoms with Crippen LogP contribution in [0.3, 0.4) is 0 Å². The van der Waals surface area contributed by atoms with Crippen molar-refractivity contribution in [1.82, 2.24) is 15.1 Å². The summed E-state index contributed by atoms with van der Waals surface area (Å²) < 4.78 is 33.3. The average molecular weight is 536 g/mol. The van der Waals surface area contributed by atoms with Gasteiger partial charge in [0.15, 0.2) is 5.69 Å². The topological polar surface area (TPSA) is 96.6 Å². The van der Waals surface area contributed by atoms with Crippen molar-refractivity contribution in [2.24, 2.45) is 11.3 Å². The number of hydrogen-bond acceptors (Lipinski definition) is 5. The number of ether oxygens (including phenoxy) is 1. The Labute approximate surface area is 224 Å². The fourth-order valence-corrected chi connectivity index (χ4v) is 5.07. The van der Waals surface area contributed by atoms with E-state index in [0.29, 0.717) is 42.0 Å². The number of alkyl halides is 2. The highest BCUT2D eigenvalue weighted by Crippen LogP contribution is 2.37. The molecule has 0 aliphatic heterocycles. The van der Waals surface area contributed by atoms with Crippen LogP contribution in [0, 0.1) is 18.3 Å². The molecule has 7 nitrogen and oxygen atoms in total. The van der Waals surface area contributed by atoms with Gasteiger partial charge in [-0.05, 0) is 81.9 Å². The van der Waals surface area contributed by atoms with Crippen molar-refractivity contribution in [3.63, 3.8) is 0 Å². The first-order chi connectivity index (χ1) is 17.5. The zero-order valence-electron chi connectivity index (χ0n) is 23.7. The van der Waals surface area contributed by atoms with E-state index in [1.165, 1.54) is 4.68 Å². The number of halogens is 2. The minimum Gasteiger partial charge on any atom is -0.434 e. The first-order valence-corrected chi connectivity index (χ1v) is 13.3. The van der Waals surface area contributed by atoms with E-state index >= 15 is 0 Å². The molecule has 2 aromatic rings. The van der Waals surface area contributed by atoms with Crippen molar-refractivity contribution in [3.05, 3.63) is 35.0 Å². The maximum absolute atomic E-state index is 13.5. The van der Waals surface area contributed by atoms with Crippen molar-refractivity contribution in [3.8, 4) is 17.0 Å². The van der Waals surface area contributed by atoms with Crippen molar-refractivity contribution in [1.29, 1.82) is 0 Å². The molecule has 0 bridgehead atoms. The summed E-state index contributed by atoms with van der Waals surface area (Å²) in [7, 11) is 0. The Kier molecular flexibility index (Phi) is 8.93. The molecule has 1 heterocycles. The molecule has 0 radical (unpaired) electrons. The smallest absolute Gasteiger partial charge is 0.387 e. The maximum Gasteiger partial charge on any atom is 0.387 e. The quantitative estimate of drug-likeness (QED) is 0.395. The molecule has 3 rings (SSSR count). The van der Waals surface area contributed by atoms with E-state index in [1.54, 1.807) is 32.9 Å². The molecule has 0 saturated heterocycles. The fraction of sp³-hybridized carbons (Fsp3) is 0.655. The Balaban J connectivity index is 2.01. The molecule has 1 fully saturated rings. The molecule has 212 valence electrons. The average Bonchev–Trinajstić information content (AvgIpc) is 3.07. The SMILES string of the molecule is Cc1c(C(=O)NCC2(O)CCC(C)CC2)nn(CC(C)(C)O)c1-c1ccc(CC(C)(C)C)cc1OC(F)F. The Bertz CT molecular complexity index is 1120. The van der Waals surface area contributed by atoms with E-state index < -0.39 is 23.7 Å². The van der Waals surface area contributed by atoms with Crippen molar-refractivity contribution in [2.75, 3.05) is 6.54 Å². The zero-order chi connectivity index (χ0) is 28.5. The lowest BCUT2D eigenvalue weighted by molar-refractivity contribution is -0.0495. The molecule has 38 heavy (non-hydrogen) atoms. The number of hydrogen-bond donors (Lipinski definition) is 3. The van der Waals surface area contributed by atoms with Crippen LogP contribution in [0.5, 0.6) is 5.75 Å². The molecule has 1 aliphatic rings. The molecule has 1 amide bonds. The maximum atomic E-state index is 13.5. The zero-order valence-corrected chi connectivity index (χ0v) is 23.7. The van der Waals surface area contributed by atoms with Gasteiger partial charge in [0.2, 0.25) is 0 Å². The molecule has 0 spiro atoms. The van der Waals surface area contributed by atoms with Crippen molar-refractivity contribution < 1.29 is 28.5 Å². The van der Waals surface area contributed by atoms with Gasteiger partial charge < -0.3 is 20.3 Å². The number of benzene rings is 1. The van der Waals surface area contributed by atoms with Crippen LogP contribution in [0.4, 0.5) is 8.78 Å². The number of nitrogens with zero attached hydrogens (tertiary/aromatic N) is 2.